The molecule has 0 bridgehead atoms. The van der Waals surface area contributed by atoms with Crippen LogP contribution in [-0.4, -0.2) is 26.2 Å². The Morgan fingerprint density at radius 2 is 1.85 bits per heavy atom. The predicted octanol–water partition coefficient (Wildman–Crippen LogP) is 3.75. The van der Waals surface area contributed by atoms with Gasteiger partial charge >= 0.3 is 0 Å². The third kappa shape index (κ3) is 4.95. The Hall–Kier alpha value is -1.19. The summed E-state index contributed by atoms with van der Waals surface area (Å²) in [5.41, 5.74) is 0.901. The summed E-state index contributed by atoms with van der Waals surface area (Å²) in [5.74, 6) is -0.240. The summed E-state index contributed by atoms with van der Waals surface area (Å²) in [4.78, 5) is 20.6. The molecule has 3 aromatic rings. The van der Waals surface area contributed by atoms with Gasteiger partial charge in [-0.15, -0.1) is 34.0 Å². The molecule has 0 saturated heterocycles. The van der Waals surface area contributed by atoms with Gasteiger partial charge in [0.2, 0.25) is 0 Å². The number of aromatic nitrogens is 3. The molecule has 0 spiro atoms. The second-order valence-electron chi connectivity index (χ2n) is 5.19. The Kier molecular flexibility index (Phi) is 8.99. The highest BCUT2D eigenvalue weighted by atomic mass is 79.9. The summed E-state index contributed by atoms with van der Waals surface area (Å²) in [6, 6.07) is 5.18. The minimum atomic E-state index is -0.317. The van der Waals surface area contributed by atoms with Crippen LogP contribution in [0.5, 0.6) is 5.75 Å². The van der Waals surface area contributed by atoms with E-state index in [1.54, 1.807) is 12.4 Å². The van der Waals surface area contributed by atoms with E-state index in [9.17, 15) is 9.90 Å². The number of benzene rings is 1. The van der Waals surface area contributed by atoms with Gasteiger partial charge in [-0.3, -0.25) is 14.3 Å². The monoisotopic (exact) mass is 524 g/mol. The van der Waals surface area contributed by atoms with Crippen molar-refractivity contribution in [2.45, 2.75) is 13.1 Å². The average molecular weight is 527 g/mol. The zero-order valence-electron chi connectivity index (χ0n) is 13.4. The van der Waals surface area contributed by atoms with Crippen LogP contribution in [0.1, 0.15) is 5.56 Å². The van der Waals surface area contributed by atoms with Crippen LogP contribution in [0, 0.1) is 0 Å². The van der Waals surface area contributed by atoms with Gasteiger partial charge in [0.1, 0.15) is 5.52 Å². The van der Waals surface area contributed by atoms with Crippen molar-refractivity contribution in [2.75, 3.05) is 6.54 Å². The standard InChI is InChI=1S/C16H14Cl2N4O2.2BrH/c17-11-7-12(18)15(23)14-13(11)16(24)22(9-21-14)6-5-20-8-10-1-3-19-4-2-10;;/h1-4,7,9,20,23H,5-6,8H2;2*1H. The topological polar surface area (TPSA) is 80.0 Å². The van der Waals surface area contributed by atoms with Crippen molar-refractivity contribution in [3.63, 3.8) is 0 Å². The highest BCUT2D eigenvalue weighted by Gasteiger charge is 2.14. The number of hydrogen-bond donors (Lipinski definition) is 2. The first-order chi connectivity index (χ1) is 11.6. The van der Waals surface area contributed by atoms with E-state index < -0.39 is 0 Å². The minimum Gasteiger partial charge on any atom is -0.504 e. The third-order valence-corrected chi connectivity index (χ3v) is 4.17. The average Bonchev–Trinajstić information content (AvgIpc) is 2.58. The van der Waals surface area contributed by atoms with Crippen molar-refractivity contribution in [1.82, 2.24) is 19.9 Å². The molecule has 0 unspecified atom stereocenters. The van der Waals surface area contributed by atoms with Crippen LogP contribution >= 0.6 is 57.2 Å². The summed E-state index contributed by atoms with van der Waals surface area (Å²) in [6.07, 6.45) is 4.84. The SMILES string of the molecule is Br.Br.O=c1c2c(Cl)cc(Cl)c(O)c2ncn1CCNCc1ccncc1. The van der Waals surface area contributed by atoms with E-state index >= 15 is 0 Å². The maximum Gasteiger partial charge on any atom is 0.262 e. The van der Waals surface area contributed by atoms with E-state index in [4.69, 9.17) is 23.2 Å². The van der Waals surface area contributed by atoms with Gasteiger partial charge in [0.15, 0.2) is 5.75 Å². The zero-order chi connectivity index (χ0) is 17.1. The van der Waals surface area contributed by atoms with E-state index in [1.165, 1.54) is 17.0 Å². The molecule has 6 nitrogen and oxygen atoms in total. The Labute approximate surface area is 180 Å². The molecule has 140 valence electrons. The van der Waals surface area contributed by atoms with Crippen LogP contribution in [0.25, 0.3) is 10.9 Å². The van der Waals surface area contributed by atoms with E-state index in [0.29, 0.717) is 19.6 Å². The number of fused-ring (bicyclic) bond motifs is 1. The number of hydrogen-bond acceptors (Lipinski definition) is 5. The van der Waals surface area contributed by atoms with Gasteiger partial charge < -0.3 is 10.4 Å². The van der Waals surface area contributed by atoms with E-state index in [-0.39, 0.29) is 66.2 Å². The summed E-state index contributed by atoms with van der Waals surface area (Å²) >= 11 is 11.9. The lowest BCUT2D eigenvalue weighted by Gasteiger charge is -2.10. The molecule has 0 amide bonds. The fourth-order valence-corrected chi connectivity index (χ4v) is 2.88. The minimum absolute atomic E-state index is 0. The van der Waals surface area contributed by atoms with Gasteiger partial charge in [0, 0.05) is 32.0 Å². The molecule has 0 atom stereocenters. The van der Waals surface area contributed by atoms with Crippen LogP contribution in [0.4, 0.5) is 0 Å². The van der Waals surface area contributed by atoms with Gasteiger partial charge in [-0.25, -0.2) is 4.98 Å². The number of halogens is 4. The molecule has 2 heterocycles. The summed E-state index contributed by atoms with van der Waals surface area (Å²) in [5, 5.41) is 13.6. The van der Waals surface area contributed by atoms with E-state index in [0.717, 1.165) is 5.56 Å². The van der Waals surface area contributed by atoms with Gasteiger partial charge in [-0.1, -0.05) is 23.2 Å². The van der Waals surface area contributed by atoms with Gasteiger partial charge in [-0.2, -0.15) is 0 Å². The molecule has 0 saturated carbocycles. The molecule has 0 aliphatic carbocycles. The second-order valence-corrected chi connectivity index (χ2v) is 6.00. The van der Waals surface area contributed by atoms with Crippen LogP contribution in [0.3, 0.4) is 0 Å². The fourth-order valence-electron chi connectivity index (χ4n) is 2.34. The number of nitrogens with one attached hydrogen (secondary N) is 1. The number of phenols is 1. The van der Waals surface area contributed by atoms with Gasteiger partial charge in [-0.05, 0) is 23.8 Å². The molecule has 2 aromatic heterocycles. The molecule has 26 heavy (non-hydrogen) atoms. The summed E-state index contributed by atoms with van der Waals surface area (Å²) in [6.45, 7) is 1.68. The van der Waals surface area contributed by atoms with Crippen molar-refractivity contribution in [1.29, 1.82) is 0 Å². The first-order valence-electron chi connectivity index (χ1n) is 7.23. The summed E-state index contributed by atoms with van der Waals surface area (Å²) in [7, 11) is 0. The second kappa shape index (κ2) is 10.2. The van der Waals surface area contributed by atoms with E-state index in [1.807, 2.05) is 12.1 Å². The van der Waals surface area contributed by atoms with Crippen molar-refractivity contribution < 1.29 is 5.11 Å². The molecule has 1 aromatic carbocycles. The molecule has 0 aliphatic heterocycles. The molecule has 0 aliphatic rings. The molecule has 3 rings (SSSR count). The van der Waals surface area contributed by atoms with Crippen LogP contribution < -0.4 is 10.9 Å². The quantitative estimate of drug-likeness (QED) is 0.495. The Balaban J connectivity index is 0.00000169. The summed E-state index contributed by atoms with van der Waals surface area (Å²) < 4.78 is 1.45. The first kappa shape index (κ1) is 22.9. The largest absolute Gasteiger partial charge is 0.504 e. The highest BCUT2D eigenvalue weighted by Crippen LogP contribution is 2.34. The molecule has 0 radical (unpaired) electrons. The van der Waals surface area contributed by atoms with E-state index in [2.05, 4.69) is 15.3 Å². The lowest BCUT2D eigenvalue weighted by Crippen LogP contribution is -2.27. The van der Waals surface area contributed by atoms with Crippen molar-refractivity contribution >= 4 is 68.1 Å². The third-order valence-electron chi connectivity index (χ3n) is 3.59. The molecular formula is C16H16Br2Cl2N4O2. The van der Waals surface area contributed by atoms with Crippen LogP contribution in [-0.2, 0) is 13.1 Å². The van der Waals surface area contributed by atoms with Crippen molar-refractivity contribution in [2.24, 2.45) is 0 Å². The number of phenolic OH excluding ortho intramolecular Hbond substituents is 1. The van der Waals surface area contributed by atoms with Crippen LogP contribution in [0.15, 0.2) is 41.7 Å². The Bertz CT molecular complexity index is 939. The van der Waals surface area contributed by atoms with Crippen molar-refractivity contribution in [3.05, 3.63) is 62.9 Å². The Morgan fingerprint density at radius 3 is 2.54 bits per heavy atom. The van der Waals surface area contributed by atoms with Gasteiger partial charge in [0.05, 0.1) is 21.8 Å². The molecule has 2 N–H and O–H groups in total. The number of aromatic hydroxyl groups is 1. The lowest BCUT2D eigenvalue weighted by atomic mass is 10.2. The van der Waals surface area contributed by atoms with Crippen LogP contribution in [0.2, 0.25) is 10.0 Å². The van der Waals surface area contributed by atoms with Crippen molar-refractivity contribution in [3.8, 4) is 5.75 Å². The molecule has 10 heteroatoms. The smallest absolute Gasteiger partial charge is 0.262 e. The first-order valence-corrected chi connectivity index (χ1v) is 7.99. The van der Waals surface area contributed by atoms with Gasteiger partial charge in [0.25, 0.3) is 5.56 Å². The fraction of sp³-hybridized carbons (Fsp3) is 0.188. The highest BCUT2D eigenvalue weighted by molar-refractivity contribution is 8.93. The maximum absolute atomic E-state index is 12.5. The normalized spacial score (nSPS) is 10.2. The molecule has 0 fully saturated rings. The zero-order valence-corrected chi connectivity index (χ0v) is 18.3. The Morgan fingerprint density at radius 1 is 1.15 bits per heavy atom. The predicted molar refractivity (Wildman–Crippen MR) is 114 cm³/mol. The molecular weight excluding hydrogens is 511 g/mol. The number of pyridine rings is 1. The maximum atomic E-state index is 12.5. The lowest BCUT2D eigenvalue weighted by molar-refractivity contribution is 0.480. The number of rotatable bonds is 5. The number of nitrogens with zero attached hydrogens (tertiary/aromatic N) is 3.